The largest absolute Gasteiger partial charge is 0.497 e. The molecule has 0 aliphatic heterocycles. The molecule has 5 heteroatoms. The van der Waals surface area contributed by atoms with Gasteiger partial charge in [-0.25, -0.2) is 0 Å². The van der Waals surface area contributed by atoms with Gasteiger partial charge in [0, 0.05) is 24.7 Å². The van der Waals surface area contributed by atoms with Crippen LogP contribution in [0.2, 0.25) is 0 Å². The molecule has 0 aliphatic rings. The molecule has 0 fully saturated rings. The monoisotopic (exact) mass is 312 g/mol. The zero-order chi connectivity index (χ0) is 16.7. The molecule has 0 amide bonds. The van der Waals surface area contributed by atoms with E-state index in [1.165, 1.54) is 12.1 Å². The number of benzene rings is 2. The Hall–Kier alpha value is -2.66. The number of rotatable bonds is 8. The summed E-state index contributed by atoms with van der Waals surface area (Å²) in [5.41, 5.74) is 2.24. The van der Waals surface area contributed by atoms with Crippen molar-refractivity contribution in [2.24, 2.45) is 0 Å². The van der Waals surface area contributed by atoms with Gasteiger partial charge in [0.15, 0.2) is 0 Å². The molecule has 2 rings (SSSR count). The molecule has 1 unspecified atom stereocenters. The minimum atomic E-state index is -0.392. The highest BCUT2D eigenvalue weighted by molar-refractivity contribution is 5.34. The molecule has 120 valence electrons. The molecule has 0 saturated heterocycles. The van der Waals surface area contributed by atoms with E-state index in [9.17, 15) is 10.1 Å². The first-order chi connectivity index (χ1) is 11.1. The van der Waals surface area contributed by atoms with Gasteiger partial charge >= 0.3 is 0 Å². The molecule has 0 aliphatic carbocycles. The summed E-state index contributed by atoms with van der Waals surface area (Å²) in [5, 5.41) is 14.2. The lowest BCUT2D eigenvalue weighted by atomic mass is 10.0. The fraction of sp³-hybridized carbons (Fsp3) is 0.222. The fourth-order valence-corrected chi connectivity index (χ4v) is 2.32. The lowest BCUT2D eigenvalue weighted by Gasteiger charge is -2.18. The Bertz CT molecular complexity index is 651. The minimum Gasteiger partial charge on any atom is -0.497 e. The average Bonchev–Trinajstić information content (AvgIpc) is 2.59. The van der Waals surface area contributed by atoms with Gasteiger partial charge in [0.25, 0.3) is 5.69 Å². The zero-order valence-corrected chi connectivity index (χ0v) is 13.1. The summed E-state index contributed by atoms with van der Waals surface area (Å²) in [5.74, 6) is 0.826. The van der Waals surface area contributed by atoms with Crippen molar-refractivity contribution in [3.8, 4) is 5.75 Å². The third kappa shape index (κ3) is 4.66. The number of nitrogens with zero attached hydrogens (tertiary/aromatic N) is 1. The highest BCUT2D eigenvalue weighted by Crippen LogP contribution is 2.21. The topological polar surface area (TPSA) is 64.4 Å². The fourth-order valence-electron chi connectivity index (χ4n) is 2.32. The van der Waals surface area contributed by atoms with Crippen LogP contribution in [0.3, 0.4) is 0 Å². The molecule has 0 aromatic heterocycles. The lowest BCUT2D eigenvalue weighted by molar-refractivity contribution is -0.384. The summed E-state index contributed by atoms with van der Waals surface area (Å²) in [6, 6.07) is 14.5. The Morgan fingerprint density at radius 2 is 1.87 bits per heavy atom. The van der Waals surface area contributed by atoms with Crippen molar-refractivity contribution in [3.05, 3.63) is 82.4 Å². The van der Waals surface area contributed by atoms with E-state index in [4.69, 9.17) is 4.74 Å². The third-order valence-electron chi connectivity index (χ3n) is 3.62. The summed E-state index contributed by atoms with van der Waals surface area (Å²) < 4.78 is 5.14. The van der Waals surface area contributed by atoms with Gasteiger partial charge in [-0.2, -0.15) is 0 Å². The van der Waals surface area contributed by atoms with Crippen molar-refractivity contribution in [2.45, 2.75) is 19.0 Å². The lowest BCUT2D eigenvalue weighted by Crippen LogP contribution is -2.20. The Balaban J connectivity index is 2.05. The quantitative estimate of drug-likeness (QED) is 0.454. The Morgan fingerprint density at radius 1 is 1.22 bits per heavy atom. The molecule has 0 radical (unpaired) electrons. The van der Waals surface area contributed by atoms with Gasteiger partial charge in [0.05, 0.1) is 12.0 Å². The van der Waals surface area contributed by atoms with Crippen molar-refractivity contribution in [1.82, 2.24) is 5.32 Å². The average molecular weight is 312 g/mol. The molecule has 0 spiro atoms. The summed E-state index contributed by atoms with van der Waals surface area (Å²) in [6.07, 6.45) is 2.58. The minimum absolute atomic E-state index is 0.0652. The number of methoxy groups -OCH3 is 1. The van der Waals surface area contributed by atoms with E-state index in [0.717, 1.165) is 23.3 Å². The van der Waals surface area contributed by atoms with Gasteiger partial charge in [-0.3, -0.25) is 10.1 Å². The normalized spacial score (nSPS) is 11.7. The van der Waals surface area contributed by atoms with E-state index in [2.05, 4.69) is 11.9 Å². The van der Waals surface area contributed by atoms with Gasteiger partial charge in [0.2, 0.25) is 0 Å². The summed E-state index contributed by atoms with van der Waals surface area (Å²) >= 11 is 0. The molecule has 2 aromatic carbocycles. The molecular weight excluding hydrogens is 292 g/mol. The van der Waals surface area contributed by atoms with Crippen LogP contribution < -0.4 is 10.1 Å². The number of nitro benzene ring substituents is 1. The highest BCUT2D eigenvalue weighted by atomic mass is 16.6. The molecule has 1 atom stereocenters. The molecule has 1 N–H and O–H groups in total. The Labute approximate surface area is 135 Å². The zero-order valence-electron chi connectivity index (χ0n) is 13.1. The molecule has 0 heterocycles. The van der Waals surface area contributed by atoms with E-state index in [-0.39, 0.29) is 11.7 Å². The maximum Gasteiger partial charge on any atom is 0.269 e. The number of nitro groups is 1. The van der Waals surface area contributed by atoms with E-state index >= 15 is 0 Å². The molecule has 2 aromatic rings. The standard InChI is InChI=1S/C18H20N2O3/c1-3-4-18(15-7-9-16(10-8-15)20(21)22)19-13-14-5-11-17(23-2)12-6-14/h3,5-12,18-19H,1,4,13H2,2H3. The molecule has 0 bridgehead atoms. The van der Waals surface area contributed by atoms with E-state index < -0.39 is 4.92 Å². The van der Waals surface area contributed by atoms with Crippen molar-refractivity contribution >= 4 is 5.69 Å². The van der Waals surface area contributed by atoms with Crippen molar-refractivity contribution in [2.75, 3.05) is 7.11 Å². The van der Waals surface area contributed by atoms with Crippen LogP contribution in [0.15, 0.2) is 61.2 Å². The molecular formula is C18H20N2O3. The van der Waals surface area contributed by atoms with Crippen LogP contribution in [-0.4, -0.2) is 12.0 Å². The number of nitrogens with one attached hydrogen (secondary N) is 1. The Morgan fingerprint density at radius 3 is 2.39 bits per heavy atom. The first-order valence-electron chi connectivity index (χ1n) is 7.35. The summed E-state index contributed by atoms with van der Waals surface area (Å²) in [4.78, 5) is 10.3. The van der Waals surface area contributed by atoms with Crippen LogP contribution in [0.1, 0.15) is 23.6 Å². The van der Waals surface area contributed by atoms with Gasteiger partial charge in [-0.05, 0) is 29.7 Å². The number of ether oxygens (including phenoxy) is 1. The van der Waals surface area contributed by atoms with Gasteiger partial charge in [0.1, 0.15) is 5.75 Å². The highest BCUT2D eigenvalue weighted by Gasteiger charge is 2.12. The van der Waals surface area contributed by atoms with Gasteiger partial charge in [-0.15, -0.1) is 6.58 Å². The summed E-state index contributed by atoms with van der Waals surface area (Å²) in [6.45, 7) is 4.48. The maximum atomic E-state index is 10.7. The maximum absolute atomic E-state index is 10.7. The van der Waals surface area contributed by atoms with Crippen molar-refractivity contribution < 1.29 is 9.66 Å². The molecule has 23 heavy (non-hydrogen) atoms. The number of hydrogen-bond donors (Lipinski definition) is 1. The van der Waals surface area contributed by atoms with E-state index in [1.54, 1.807) is 19.2 Å². The SMILES string of the molecule is C=CCC(NCc1ccc(OC)cc1)c1ccc([N+](=O)[O-])cc1. The molecule has 5 nitrogen and oxygen atoms in total. The first-order valence-corrected chi connectivity index (χ1v) is 7.35. The second-order valence-corrected chi connectivity index (χ2v) is 5.15. The van der Waals surface area contributed by atoms with Crippen LogP contribution in [0.5, 0.6) is 5.75 Å². The smallest absolute Gasteiger partial charge is 0.269 e. The van der Waals surface area contributed by atoms with Crippen LogP contribution >= 0.6 is 0 Å². The second kappa shape index (κ2) is 8.10. The van der Waals surface area contributed by atoms with Gasteiger partial charge in [-0.1, -0.05) is 30.3 Å². The van der Waals surface area contributed by atoms with Crippen molar-refractivity contribution in [3.63, 3.8) is 0 Å². The van der Waals surface area contributed by atoms with E-state index in [1.807, 2.05) is 30.3 Å². The molecule has 0 saturated carbocycles. The number of non-ortho nitro benzene ring substituents is 1. The van der Waals surface area contributed by atoms with Crippen molar-refractivity contribution in [1.29, 1.82) is 0 Å². The Kier molecular flexibility index (Phi) is 5.88. The number of hydrogen-bond acceptors (Lipinski definition) is 4. The first kappa shape index (κ1) is 16.7. The van der Waals surface area contributed by atoms with Gasteiger partial charge < -0.3 is 10.1 Å². The predicted octanol–water partition coefficient (Wildman–Crippen LogP) is 4.01. The predicted molar refractivity (Wildman–Crippen MR) is 90.5 cm³/mol. The van der Waals surface area contributed by atoms with E-state index in [0.29, 0.717) is 6.54 Å². The van der Waals surface area contributed by atoms with Crippen LogP contribution in [0, 0.1) is 10.1 Å². The summed E-state index contributed by atoms with van der Waals surface area (Å²) in [7, 11) is 1.64. The van der Waals surface area contributed by atoms with Crippen LogP contribution in [0.25, 0.3) is 0 Å². The van der Waals surface area contributed by atoms with Crippen LogP contribution in [0.4, 0.5) is 5.69 Å². The second-order valence-electron chi connectivity index (χ2n) is 5.15. The third-order valence-corrected chi connectivity index (χ3v) is 3.62. The van der Waals surface area contributed by atoms with Crippen LogP contribution in [-0.2, 0) is 6.54 Å².